The normalized spacial score (nSPS) is 13.4. The summed E-state index contributed by atoms with van der Waals surface area (Å²) < 4.78 is 0. The molecule has 0 fully saturated rings. The van der Waals surface area contributed by atoms with Crippen LogP contribution >= 0.6 is 11.3 Å². The van der Waals surface area contributed by atoms with Gasteiger partial charge in [-0.2, -0.15) is 11.3 Å². The zero-order chi connectivity index (χ0) is 18.2. The predicted molar refractivity (Wildman–Crippen MR) is 103 cm³/mol. The van der Waals surface area contributed by atoms with Crippen molar-refractivity contribution in [1.29, 1.82) is 0 Å². The molecule has 0 aliphatic rings. The van der Waals surface area contributed by atoms with Crippen LogP contribution in [0.5, 0.6) is 5.75 Å². The Balaban J connectivity index is 1.80. The van der Waals surface area contributed by atoms with E-state index in [1.165, 1.54) is 5.56 Å². The van der Waals surface area contributed by atoms with Gasteiger partial charge in [-0.1, -0.05) is 12.1 Å². The number of hydrogen-bond acceptors (Lipinski definition) is 4. The minimum absolute atomic E-state index is 0.0819. The number of urea groups is 1. The maximum atomic E-state index is 12.1. The van der Waals surface area contributed by atoms with Crippen molar-refractivity contribution in [3.8, 4) is 5.75 Å². The van der Waals surface area contributed by atoms with Gasteiger partial charge in [-0.25, -0.2) is 4.79 Å². The Morgan fingerprint density at radius 1 is 1.24 bits per heavy atom. The summed E-state index contributed by atoms with van der Waals surface area (Å²) in [7, 11) is 3.98. The van der Waals surface area contributed by atoms with Crippen LogP contribution in [-0.2, 0) is 12.8 Å². The van der Waals surface area contributed by atoms with Gasteiger partial charge in [0, 0.05) is 18.6 Å². The summed E-state index contributed by atoms with van der Waals surface area (Å²) in [6, 6.07) is 9.42. The average molecular weight is 362 g/mol. The number of phenols is 1. The maximum absolute atomic E-state index is 12.1. The molecule has 2 aromatic rings. The van der Waals surface area contributed by atoms with Crippen molar-refractivity contribution in [3.63, 3.8) is 0 Å². The number of nitrogens with one attached hydrogen (secondary N) is 2. The number of phenolic OH excluding ortho intramolecular Hbond substituents is 1. The number of benzene rings is 1. The van der Waals surface area contributed by atoms with Crippen molar-refractivity contribution in [2.45, 2.75) is 31.8 Å². The van der Waals surface area contributed by atoms with Crippen LogP contribution in [0.1, 0.15) is 18.1 Å². The van der Waals surface area contributed by atoms with E-state index in [9.17, 15) is 9.90 Å². The molecular weight excluding hydrogens is 334 g/mol. The smallest absolute Gasteiger partial charge is 0.315 e. The van der Waals surface area contributed by atoms with E-state index in [1.807, 2.05) is 38.5 Å². The molecule has 25 heavy (non-hydrogen) atoms. The summed E-state index contributed by atoms with van der Waals surface area (Å²) in [5.74, 6) is 0.267. The molecule has 0 saturated heterocycles. The molecule has 0 aliphatic carbocycles. The van der Waals surface area contributed by atoms with Crippen molar-refractivity contribution in [3.05, 3.63) is 52.2 Å². The lowest BCUT2D eigenvalue weighted by molar-refractivity contribution is 0.229. The highest BCUT2D eigenvalue weighted by Crippen LogP contribution is 2.14. The Labute approximate surface area is 153 Å². The second kappa shape index (κ2) is 9.44. The van der Waals surface area contributed by atoms with Crippen LogP contribution in [0.15, 0.2) is 41.1 Å². The fourth-order valence-corrected chi connectivity index (χ4v) is 3.37. The molecule has 6 heteroatoms. The van der Waals surface area contributed by atoms with Gasteiger partial charge in [0.25, 0.3) is 0 Å². The maximum Gasteiger partial charge on any atom is 0.315 e. The molecule has 5 nitrogen and oxygen atoms in total. The molecule has 0 bridgehead atoms. The molecule has 0 spiro atoms. The van der Waals surface area contributed by atoms with Gasteiger partial charge in [-0.15, -0.1) is 0 Å². The van der Waals surface area contributed by atoms with E-state index in [1.54, 1.807) is 23.5 Å². The van der Waals surface area contributed by atoms with Crippen LogP contribution in [-0.4, -0.2) is 48.8 Å². The van der Waals surface area contributed by atoms with E-state index in [0.717, 1.165) is 18.4 Å². The fourth-order valence-electron chi connectivity index (χ4n) is 2.69. The van der Waals surface area contributed by atoms with E-state index >= 15 is 0 Å². The first-order valence-electron chi connectivity index (χ1n) is 8.44. The van der Waals surface area contributed by atoms with E-state index in [2.05, 4.69) is 27.0 Å². The van der Waals surface area contributed by atoms with Crippen molar-refractivity contribution < 1.29 is 9.90 Å². The van der Waals surface area contributed by atoms with Crippen LogP contribution in [0.2, 0.25) is 0 Å². The van der Waals surface area contributed by atoms with Gasteiger partial charge < -0.3 is 20.6 Å². The summed E-state index contributed by atoms with van der Waals surface area (Å²) in [6.07, 6.45) is 1.59. The zero-order valence-electron chi connectivity index (χ0n) is 15.0. The van der Waals surface area contributed by atoms with Crippen molar-refractivity contribution in [1.82, 2.24) is 15.5 Å². The third-order valence-corrected chi connectivity index (χ3v) is 4.84. The molecular formula is C19H27N3O2S. The third-order valence-electron chi connectivity index (χ3n) is 4.11. The van der Waals surface area contributed by atoms with Crippen molar-refractivity contribution in [2.24, 2.45) is 0 Å². The predicted octanol–water partition coefficient (Wildman–Crippen LogP) is 2.86. The SMILES string of the molecule is C[C@@H](Cc1ccsc1)NC(=O)NC[C@H](Cc1cccc(O)c1)N(C)C. The minimum Gasteiger partial charge on any atom is -0.508 e. The van der Waals surface area contributed by atoms with E-state index in [-0.39, 0.29) is 23.9 Å². The van der Waals surface area contributed by atoms with Gasteiger partial charge in [-0.05, 0) is 73.9 Å². The van der Waals surface area contributed by atoms with Crippen LogP contribution in [0.3, 0.4) is 0 Å². The highest BCUT2D eigenvalue weighted by atomic mass is 32.1. The lowest BCUT2D eigenvalue weighted by Gasteiger charge is -2.25. The lowest BCUT2D eigenvalue weighted by Crippen LogP contribution is -2.47. The van der Waals surface area contributed by atoms with E-state index in [4.69, 9.17) is 0 Å². The van der Waals surface area contributed by atoms with Gasteiger partial charge in [0.1, 0.15) is 5.75 Å². The Kier molecular flexibility index (Phi) is 7.28. The first-order chi connectivity index (χ1) is 11.9. The topological polar surface area (TPSA) is 64.6 Å². The van der Waals surface area contributed by atoms with Gasteiger partial charge >= 0.3 is 6.03 Å². The lowest BCUT2D eigenvalue weighted by atomic mass is 10.0. The highest BCUT2D eigenvalue weighted by Gasteiger charge is 2.15. The Morgan fingerprint density at radius 3 is 2.68 bits per heavy atom. The summed E-state index contributed by atoms with van der Waals surface area (Å²) in [4.78, 5) is 14.2. The second-order valence-electron chi connectivity index (χ2n) is 6.58. The first kappa shape index (κ1) is 19.3. The quantitative estimate of drug-likeness (QED) is 0.677. The zero-order valence-corrected chi connectivity index (χ0v) is 15.8. The van der Waals surface area contributed by atoms with Gasteiger partial charge in [0.15, 0.2) is 0 Å². The molecule has 2 amide bonds. The number of thiophene rings is 1. The number of rotatable bonds is 8. The molecule has 0 saturated carbocycles. The van der Waals surface area contributed by atoms with Crippen molar-refractivity contribution >= 4 is 17.4 Å². The van der Waals surface area contributed by atoms with Crippen LogP contribution in [0.25, 0.3) is 0 Å². The molecule has 1 aromatic carbocycles. The number of hydrogen-bond donors (Lipinski definition) is 3. The third kappa shape index (κ3) is 6.76. The van der Waals surface area contributed by atoms with Gasteiger partial charge in [-0.3, -0.25) is 0 Å². The number of carbonyl (C=O) groups excluding carboxylic acids is 1. The van der Waals surface area contributed by atoms with Crippen molar-refractivity contribution in [2.75, 3.05) is 20.6 Å². The summed E-state index contributed by atoms with van der Waals surface area (Å²) in [5, 5.41) is 19.7. The average Bonchev–Trinajstić information content (AvgIpc) is 3.03. The summed E-state index contributed by atoms with van der Waals surface area (Å²) >= 11 is 1.67. The number of carbonyl (C=O) groups is 1. The Hall–Kier alpha value is -2.05. The number of likely N-dealkylation sites (N-methyl/N-ethyl adjacent to an activating group) is 1. The number of aromatic hydroxyl groups is 1. The van der Waals surface area contributed by atoms with Gasteiger partial charge in [0.2, 0.25) is 0 Å². The molecule has 2 rings (SSSR count). The molecule has 2 atom stereocenters. The molecule has 0 unspecified atom stereocenters. The number of amides is 2. The first-order valence-corrected chi connectivity index (χ1v) is 9.38. The number of nitrogens with zero attached hydrogens (tertiary/aromatic N) is 1. The van der Waals surface area contributed by atoms with Crippen LogP contribution in [0.4, 0.5) is 4.79 Å². The van der Waals surface area contributed by atoms with Crippen LogP contribution < -0.4 is 10.6 Å². The van der Waals surface area contributed by atoms with E-state index < -0.39 is 0 Å². The molecule has 0 radical (unpaired) electrons. The Morgan fingerprint density at radius 2 is 2.04 bits per heavy atom. The molecule has 0 aliphatic heterocycles. The standard InChI is InChI=1S/C19H27N3O2S/c1-14(9-16-7-8-25-13-16)21-19(24)20-12-17(22(2)3)10-15-5-4-6-18(23)11-15/h4-8,11,13-14,17,23H,9-10,12H2,1-3H3,(H2,20,21,24)/t14-,17-/m0/s1. The summed E-state index contributed by atoms with van der Waals surface area (Å²) in [5.41, 5.74) is 2.29. The molecule has 3 N–H and O–H groups in total. The van der Waals surface area contributed by atoms with E-state index in [0.29, 0.717) is 6.54 Å². The monoisotopic (exact) mass is 361 g/mol. The highest BCUT2D eigenvalue weighted by molar-refractivity contribution is 7.07. The molecule has 1 aromatic heterocycles. The second-order valence-corrected chi connectivity index (χ2v) is 7.36. The van der Waals surface area contributed by atoms with Gasteiger partial charge in [0.05, 0.1) is 0 Å². The Bertz CT molecular complexity index is 658. The summed E-state index contributed by atoms with van der Waals surface area (Å²) in [6.45, 7) is 2.55. The molecule has 1 heterocycles. The molecule has 136 valence electrons. The largest absolute Gasteiger partial charge is 0.508 e. The minimum atomic E-state index is -0.148. The van der Waals surface area contributed by atoms with Crippen LogP contribution in [0, 0.1) is 0 Å². The fraction of sp³-hybridized carbons (Fsp3) is 0.421.